The van der Waals surface area contributed by atoms with Crippen LogP contribution in [0.3, 0.4) is 0 Å². The minimum absolute atomic E-state index is 0.575. The summed E-state index contributed by atoms with van der Waals surface area (Å²) in [5.74, 6) is 1.82. The molecule has 1 aliphatic heterocycles. The van der Waals surface area contributed by atoms with Crippen molar-refractivity contribution >= 4 is 60.7 Å². The van der Waals surface area contributed by atoms with Crippen molar-refractivity contribution in [3.05, 3.63) is 176 Å². The first-order valence-electron chi connectivity index (χ1n) is 17.6. The zero-order valence-electron chi connectivity index (χ0n) is 28.0. The van der Waals surface area contributed by atoms with Crippen molar-refractivity contribution in [1.29, 1.82) is 0 Å². The number of aromatic nitrogens is 4. The van der Waals surface area contributed by atoms with Crippen molar-refractivity contribution < 1.29 is 0 Å². The molecule has 0 saturated heterocycles. The maximum atomic E-state index is 5.43. The van der Waals surface area contributed by atoms with Crippen molar-refractivity contribution in [3.63, 3.8) is 0 Å². The standard InChI is InChI=1S/C47H29N5/c1-3-15-32(16-4-1)45-48-46(37-24-13-27-40-44(37)35-22-9-10-25-38(35)51(40)33-19-5-2-6-20-33)50-47(49-45)52-39-26-12-18-31-17-11-23-36(42(31)39)43-34-21-8-7-14-30(34)28-29-41(43)52/h1-29H. The van der Waals surface area contributed by atoms with E-state index in [4.69, 9.17) is 15.0 Å². The van der Waals surface area contributed by atoms with E-state index in [2.05, 4.69) is 167 Å². The molecule has 0 bridgehead atoms. The normalized spacial score (nSPS) is 12.2. The highest BCUT2D eigenvalue weighted by Crippen LogP contribution is 2.52. The van der Waals surface area contributed by atoms with Gasteiger partial charge >= 0.3 is 0 Å². The van der Waals surface area contributed by atoms with E-state index >= 15 is 0 Å². The fourth-order valence-corrected chi connectivity index (χ4v) is 8.15. The molecule has 0 radical (unpaired) electrons. The molecule has 10 aromatic rings. The molecule has 0 N–H and O–H groups in total. The molecule has 0 unspecified atom stereocenters. The Morgan fingerprint density at radius 1 is 0.385 bits per heavy atom. The Balaban J connectivity index is 1.24. The van der Waals surface area contributed by atoms with Crippen LogP contribution in [0.5, 0.6) is 0 Å². The minimum atomic E-state index is 0.575. The predicted octanol–water partition coefficient (Wildman–Crippen LogP) is 12.1. The van der Waals surface area contributed by atoms with E-state index in [9.17, 15) is 0 Å². The molecule has 0 fully saturated rings. The number of hydrogen-bond acceptors (Lipinski definition) is 4. The third kappa shape index (κ3) is 4.20. The molecule has 3 heterocycles. The summed E-state index contributed by atoms with van der Waals surface area (Å²) in [6.45, 7) is 0. The molecule has 5 heteroatoms. The van der Waals surface area contributed by atoms with E-state index in [0.717, 1.165) is 50.0 Å². The Morgan fingerprint density at radius 3 is 1.90 bits per heavy atom. The lowest BCUT2D eigenvalue weighted by atomic mass is 9.88. The molecular formula is C47H29N5. The van der Waals surface area contributed by atoms with Crippen LogP contribution in [0.15, 0.2) is 176 Å². The van der Waals surface area contributed by atoms with Crippen LogP contribution in [0.4, 0.5) is 17.3 Å². The summed E-state index contributed by atoms with van der Waals surface area (Å²) < 4.78 is 2.33. The van der Waals surface area contributed by atoms with Gasteiger partial charge in [-0.15, -0.1) is 0 Å². The molecule has 0 atom stereocenters. The molecule has 0 amide bonds. The molecule has 11 rings (SSSR count). The maximum absolute atomic E-state index is 5.43. The lowest BCUT2D eigenvalue weighted by Gasteiger charge is -2.32. The Kier molecular flexibility index (Phi) is 6.18. The molecule has 1 aliphatic rings. The van der Waals surface area contributed by atoms with Gasteiger partial charge in [0.2, 0.25) is 5.95 Å². The lowest BCUT2D eigenvalue weighted by molar-refractivity contribution is 1.03. The molecule has 242 valence electrons. The van der Waals surface area contributed by atoms with Crippen molar-refractivity contribution in [2.75, 3.05) is 4.90 Å². The molecule has 8 aromatic carbocycles. The van der Waals surface area contributed by atoms with E-state index < -0.39 is 0 Å². The minimum Gasteiger partial charge on any atom is -0.309 e. The number of anilines is 3. The van der Waals surface area contributed by atoms with Gasteiger partial charge in [0.1, 0.15) is 0 Å². The summed E-state index contributed by atoms with van der Waals surface area (Å²) in [6.07, 6.45) is 0. The molecule has 52 heavy (non-hydrogen) atoms. The van der Waals surface area contributed by atoms with Crippen LogP contribution in [-0.4, -0.2) is 19.5 Å². The molecule has 0 spiro atoms. The van der Waals surface area contributed by atoms with Crippen molar-refractivity contribution in [3.8, 4) is 39.6 Å². The van der Waals surface area contributed by atoms with E-state index in [1.165, 1.54) is 32.7 Å². The SMILES string of the molecule is c1ccc(-c2nc(-c3cccc4c3c3ccccc3n4-c3ccccc3)nc(N3c4ccc5ccccc5c4-c4cccc5cccc3c45)n2)cc1. The summed E-state index contributed by atoms with van der Waals surface area (Å²) >= 11 is 0. The number of fused-ring (bicyclic) bond motifs is 7. The van der Waals surface area contributed by atoms with Crippen LogP contribution in [0, 0.1) is 0 Å². The Hall–Kier alpha value is -7.11. The highest BCUT2D eigenvalue weighted by atomic mass is 15.3. The maximum Gasteiger partial charge on any atom is 0.238 e. The third-order valence-corrected chi connectivity index (χ3v) is 10.3. The molecule has 0 saturated carbocycles. The van der Waals surface area contributed by atoms with Crippen molar-refractivity contribution in [2.24, 2.45) is 0 Å². The van der Waals surface area contributed by atoms with E-state index in [1.807, 2.05) is 18.2 Å². The third-order valence-electron chi connectivity index (χ3n) is 10.3. The smallest absolute Gasteiger partial charge is 0.238 e. The van der Waals surface area contributed by atoms with Gasteiger partial charge in [0.15, 0.2) is 11.6 Å². The van der Waals surface area contributed by atoms with Crippen LogP contribution in [0.2, 0.25) is 0 Å². The van der Waals surface area contributed by atoms with E-state index in [0.29, 0.717) is 17.6 Å². The number of benzene rings is 8. The quantitative estimate of drug-likeness (QED) is 0.188. The molecule has 5 nitrogen and oxygen atoms in total. The summed E-state index contributed by atoms with van der Waals surface area (Å²) in [7, 11) is 0. The average molecular weight is 664 g/mol. The summed E-state index contributed by atoms with van der Waals surface area (Å²) in [5.41, 5.74) is 9.71. The lowest BCUT2D eigenvalue weighted by Crippen LogP contribution is -2.19. The molecule has 0 aliphatic carbocycles. The Bertz CT molecular complexity index is 3020. The van der Waals surface area contributed by atoms with Gasteiger partial charge in [-0.1, -0.05) is 140 Å². The second kappa shape index (κ2) is 11.2. The van der Waals surface area contributed by atoms with Gasteiger partial charge in [-0.2, -0.15) is 9.97 Å². The van der Waals surface area contributed by atoms with Crippen LogP contribution < -0.4 is 4.90 Å². The van der Waals surface area contributed by atoms with E-state index in [-0.39, 0.29) is 0 Å². The van der Waals surface area contributed by atoms with Gasteiger partial charge in [-0.05, 0) is 58.1 Å². The van der Waals surface area contributed by atoms with E-state index in [1.54, 1.807) is 0 Å². The highest BCUT2D eigenvalue weighted by molar-refractivity contribution is 6.19. The van der Waals surface area contributed by atoms with Crippen molar-refractivity contribution in [2.45, 2.75) is 0 Å². The summed E-state index contributed by atoms with van der Waals surface area (Å²) in [4.78, 5) is 18.2. The fraction of sp³-hybridized carbons (Fsp3) is 0. The van der Waals surface area contributed by atoms with Crippen LogP contribution in [-0.2, 0) is 0 Å². The number of hydrogen-bond donors (Lipinski definition) is 0. The van der Waals surface area contributed by atoms with Crippen LogP contribution >= 0.6 is 0 Å². The zero-order valence-corrected chi connectivity index (χ0v) is 28.0. The number of nitrogens with zero attached hydrogens (tertiary/aromatic N) is 5. The fourth-order valence-electron chi connectivity index (χ4n) is 8.15. The second-order valence-corrected chi connectivity index (χ2v) is 13.2. The second-order valence-electron chi connectivity index (χ2n) is 13.2. The van der Waals surface area contributed by atoms with Gasteiger partial charge in [-0.25, -0.2) is 4.98 Å². The summed E-state index contributed by atoms with van der Waals surface area (Å²) in [6, 6.07) is 61.9. The predicted molar refractivity (Wildman–Crippen MR) is 214 cm³/mol. The first-order valence-corrected chi connectivity index (χ1v) is 17.6. The Labute approximate surface area is 299 Å². The van der Waals surface area contributed by atoms with Crippen LogP contribution in [0.25, 0.3) is 82.9 Å². The number of para-hydroxylation sites is 2. The monoisotopic (exact) mass is 663 g/mol. The van der Waals surface area contributed by atoms with Crippen LogP contribution in [0.1, 0.15) is 0 Å². The number of rotatable bonds is 4. The van der Waals surface area contributed by atoms with Gasteiger partial charge in [0, 0.05) is 38.5 Å². The average Bonchev–Trinajstić information content (AvgIpc) is 3.56. The van der Waals surface area contributed by atoms with Gasteiger partial charge in [0.25, 0.3) is 0 Å². The van der Waals surface area contributed by atoms with Gasteiger partial charge in [0.05, 0.1) is 22.4 Å². The molecular weight excluding hydrogens is 635 g/mol. The first-order chi connectivity index (χ1) is 25.8. The molecule has 2 aromatic heterocycles. The first kappa shape index (κ1) is 28.7. The summed E-state index contributed by atoms with van der Waals surface area (Å²) in [5, 5.41) is 7.01. The zero-order chi connectivity index (χ0) is 34.2. The Morgan fingerprint density at radius 2 is 1.04 bits per heavy atom. The van der Waals surface area contributed by atoms with Gasteiger partial charge in [-0.3, -0.25) is 4.90 Å². The van der Waals surface area contributed by atoms with Crippen molar-refractivity contribution in [1.82, 2.24) is 19.5 Å². The largest absolute Gasteiger partial charge is 0.309 e. The van der Waals surface area contributed by atoms with Gasteiger partial charge < -0.3 is 4.57 Å². The topological polar surface area (TPSA) is 46.8 Å². The highest BCUT2D eigenvalue weighted by Gasteiger charge is 2.30.